The highest BCUT2D eigenvalue weighted by atomic mass is 16.2. The number of imidazole rings is 1. The van der Waals surface area contributed by atoms with E-state index in [9.17, 15) is 14.4 Å². The second-order valence-corrected chi connectivity index (χ2v) is 10.1. The van der Waals surface area contributed by atoms with Crippen molar-refractivity contribution in [2.24, 2.45) is 17.8 Å². The normalized spacial score (nSPS) is 24.3. The van der Waals surface area contributed by atoms with E-state index < -0.39 is 6.04 Å². The average Bonchev–Trinajstić information content (AvgIpc) is 3.35. The van der Waals surface area contributed by atoms with Gasteiger partial charge in [-0.3, -0.25) is 24.2 Å². The number of imide groups is 1. The van der Waals surface area contributed by atoms with Gasteiger partial charge in [-0.1, -0.05) is 32.1 Å². The van der Waals surface area contributed by atoms with Crippen molar-refractivity contribution < 1.29 is 14.4 Å². The summed E-state index contributed by atoms with van der Waals surface area (Å²) in [6.07, 6.45) is 9.69. The molecule has 5 rings (SSSR count). The van der Waals surface area contributed by atoms with Crippen LogP contribution in [0.25, 0.3) is 5.65 Å². The van der Waals surface area contributed by atoms with Crippen molar-refractivity contribution in [3.8, 4) is 0 Å². The van der Waals surface area contributed by atoms with Crippen molar-refractivity contribution in [3.63, 3.8) is 0 Å². The maximum Gasteiger partial charge on any atom is 0.245 e. The Morgan fingerprint density at radius 2 is 1.71 bits per heavy atom. The van der Waals surface area contributed by atoms with Gasteiger partial charge < -0.3 is 9.30 Å². The number of rotatable bonds is 6. The first-order valence-electron chi connectivity index (χ1n) is 12.4. The molecule has 2 saturated heterocycles. The Labute approximate surface area is 200 Å². The fourth-order valence-electron chi connectivity index (χ4n) is 5.53. The molecule has 0 spiro atoms. The SMILES string of the molecule is CC(C)CC(C(=O)N1CCN(Cc2cn3ccccc3n2)CC1)N1C(=O)C2CC=CCC2C1=O. The van der Waals surface area contributed by atoms with Gasteiger partial charge in [-0.05, 0) is 37.3 Å². The molecule has 0 bridgehead atoms. The number of aromatic nitrogens is 2. The number of carbonyl (C=O) groups is 3. The van der Waals surface area contributed by atoms with E-state index in [0.29, 0.717) is 32.4 Å². The van der Waals surface area contributed by atoms with Gasteiger partial charge >= 0.3 is 0 Å². The van der Waals surface area contributed by atoms with E-state index in [1.807, 2.05) is 65.9 Å². The molecule has 3 amide bonds. The number of nitrogens with zero attached hydrogens (tertiary/aromatic N) is 5. The van der Waals surface area contributed by atoms with E-state index in [1.165, 1.54) is 4.90 Å². The monoisotopic (exact) mass is 463 g/mol. The van der Waals surface area contributed by atoms with Crippen LogP contribution in [0, 0.1) is 17.8 Å². The number of hydrogen-bond donors (Lipinski definition) is 0. The van der Waals surface area contributed by atoms with Crippen LogP contribution in [0.15, 0.2) is 42.7 Å². The van der Waals surface area contributed by atoms with Crippen molar-refractivity contribution in [2.45, 2.75) is 45.7 Å². The first kappa shape index (κ1) is 22.8. The molecule has 3 atom stereocenters. The summed E-state index contributed by atoms with van der Waals surface area (Å²) in [5.74, 6) is -0.821. The zero-order chi connectivity index (χ0) is 23.8. The number of carbonyl (C=O) groups excluding carboxylic acids is 3. The van der Waals surface area contributed by atoms with Crippen molar-refractivity contribution in [1.29, 1.82) is 0 Å². The summed E-state index contributed by atoms with van der Waals surface area (Å²) in [7, 11) is 0. The van der Waals surface area contributed by atoms with E-state index in [0.717, 1.165) is 31.0 Å². The fraction of sp³-hybridized carbons (Fsp3) is 0.538. The Bertz CT molecular complexity index is 1060. The molecule has 3 aliphatic rings. The van der Waals surface area contributed by atoms with Crippen molar-refractivity contribution in [3.05, 3.63) is 48.4 Å². The van der Waals surface area contributed by atoms with Gasteiger partial charge in [0, 0.05) is 45.1 Å². The van der Waals surface area contributed by atoms with Gasteiger partial charge in [0.05, 0.1) is 17.5 Å². The summed E-state index contributed by atoms with van der Waals surface area (Å²) >= 11 is 0. The number of allylic oxidation sites excluding steroid dienone is 2. The third-order valence-corrected chi connectivity index (χ3v) is 7.32. The van der Waals surface area contributed by atoms with Gasteiger partial charge in [0.25, 0.3) is 0 Å². The standard InChI is InChI=1S/C26H33N5O3/c1-18(2)15-22(31-24(32)20-7-3-4-8-21(20)25(31)33)26(34)29-13-11-28(12-14-29)16-19-17-30-10-6-5-9-23(30)27-19/h3-6,9-10,17-18,20-22H,7-8,11-16H2,1-2H3. The number of fused-ring (bicyclic) bond motifs is 2. The molecule has 180 valence electrons. The molecule has 2 aromatic heterocycles. The minimum atomic E-state index is -0.699. The maximum absolute atomic E-state index is 13.6. The Kier molecular flexibility index (Phi) is 6.25. The number of likely N-dealkylation sites (tertiary alicyclic amines) is 1. The van der Waals surface area contributed by atoms with Crippen molar-refractivity contribution >= 4 is 23.4 Å². The lowest BCUT2D eigenvalue weighted by Crippen LogP contribution is -2.56. The van der Waals surface area contributed by atoms with Crippen LogP contribution < -0.4 is 0 Å². The molecule has 0 saturated carbocycles. The van der Waals surface area contributed by atoms with Gasteiger partial charge in [0.1, 0.15) is 11.7 Å². The summed E-state index contributed by atoms with van der Waals surface area (Å²) in [5.41, 5.74) is 1.94. The summed E-state index contributed by atoms with van der Waals surface area (Å²) in [4.78, 5) is 50.1. The van der Waals surface area contributed by atoms with Crippen molar-refractivity contribution in [1.82, 2.24) is 24.1 Å². The zero-order valence-corrected chi connectivity index (χ0v) is 20.0. The van der Waals surface area contributed by atoms with E-state index in [-0.39, 0.29) is 35.5 Å². The smallest absolute Gasteiger partial charge is 0.245 e. The highest BCUT2D eigenvalue weighted by Gasteiger charge is 2.51. The van der Waals surface area contributed by atoms with Crippen molar-refractivity contribution in [2.75, 3.05) is 26.2 Å². The number of piperazine rings is 1. The lowest BCUT2D eigenvalue weighted by Gasteiger charge is -2.38. The summed E-state index contributed by atoms with van der Waals surface area (Å²) in [5, 5.41) is 0. The van der Waals surface area contributed by atoms with Gasteiger partial charge in [-0.25, -0.2) is 4.98 Å². The third-order valence-electron chi connectivity index (χ3n) is 7.32. The lowest BCUT2D eigenvalue weighted by atomic mass is 9.85. The largest absolute Gasteiger partial charge is 0.338 e. The molecular weight excluding hydrogens is 430 g/mol. The van der Waals surface area contributed by atoms with Crippen LogP contribution in [0.2, 0.25) is 0 Å². The van der Waals surface area contributed by atoms with Crippen LogP contribution in [-0.4, -0.2) is 74.0 Å². The molecule has 1 aliphatic carbocycles. The molecule has 2 fully saturated rings. The molecule has 2 aromatic rings. The Morgan fingerprint density at radius 3 is 2.32 bits per heavy atom. The lowest BCUT2D eigenvalue weighted by molar-refractivity contribution is -0.153. The second-order valence-electron chi connectivity index (χ2n) is 10.1. The maximum atomic E-state index is 13.6. The van der Waals surface area contributed by atoms with E-state index in [4.69, 9.17) is 0 Å². The molecular formula is C26H33N5O3. The van der Waals surface area contributed by atoms with Crippen LogP contribution >= 0.6 is 0 Å². The zero-order valence-electron chi connectivity index (χ0n) is 20.0. The van der Waals surface area contributed by atoms with Crippen LogP contribution in [0.1, 0.15) is 38.8 Å². The van der Waals surface area contributed by atoms with Crippen LogP contribution in [0.3, 0.4) is 0 Å². The predicted molar refractivity (Wildman–Crippen MR) is 127 cm³/mol. The van der Waals surface area contributed by atoms with E-state index in [1.54, 1.807) is 0 Å². The molecule has 34 heavy (non-hydrogen) atoms. The molecule has 8 heteroatoms. The van der Waals surface area contributed by atoms with Gasteiger partial charge in [0.2, 0.25) is 17.7 Å². The topological polar surface area (TPSA) is 78.2 Å². The summed E-state index contributed by atoms with van der Waals surface area (Å²) < 4.78 is 2.02. The van der Waals surface area contributed by atoms with Crippen LogP contribution in [0.4, 0.5) is 0 Å². The van der Waals surface area contributed by atoms with Crippen LogP contribution in [0.5, 0.6) is 0 Å². The third kappa shape index (κ3) is 4.27. The Balaban J connectivity index is 1.25. The summed E-state index contributed by atoms with van der Waals surface area (Å²) in [6.45, 7) is 7.46. The van der Waals surface area contributed by atoms with E-state index >= 15 is 0 Å². The molecule has 2 aliphatic heterocycles. The first-order valence-corrected chi connectivity index (χ1v) is 12.4. The minimum absolute atomic E-state index is 0.0885. The second kappa shape index (κ2) is 9.33. The quantitative estimate of drug-likeness (QED) is 0.485. The Hall–Kier alpha value is -3.00. The highest BCUT2D eigenvalue weighted by Crippen LogP contribution is 2.37. The predicted octanol–water partition coefficient (Wildman–Crippen LogP) is 2.34. The molecule has 0 radical (unpaired) electrons. The fourth-order valence-corrected chi connectivity index (χ4v) is 5.53. The number of hydrogen-bond acceptors (Lipinski definition) is 5. The van der Waals surface area contributed by atoms with Gasteiger partial charge in [0.15, 0.2) is 0 Å². The number of amides is 3. The number of pyridine rings is 1. The minimum Gasteiger partial charge on any atom is -0.338 e. The van der Waals surface area contributed by atoms with E-state index in [2.05, 4.69) is 9.88 Å². The Morgan fingerprint density at radius 1 is 1.03 bits per heavy atom. The molecule has 0 aromatic carbocycles. The molecule has 0 N–H and O–H groups in total. The highest BCUT2D eigenvalue weighted by molar-refractivity contribution is 6.08. The summed E-state index contributed by atoms with van der Waals surface area (Å²) in [6, 6.07) is 5.25. The van der Waals surface area contributed by atoms with Gasteiger partial charge in [-0.15, -0.1) is 0 Å². The van der Waals surface area contributed by atoms with Crippen LogP contribution in [-0.2, 0) is 20.9 Å². The van der Waals surface area contributed by atoms with Gasteiger partial charge in [-0.2, -0.15) is 0 Å². The molecule has 4 heterocycles. The molecule has 8 nitrogen and oxygen atoms in total. The molecule has 3 unspecified atom stereocenters. The average molecular weight is 464 g/mol. The first-order chi connectivity index (χ1) is 16.4.